The van der Waals surface area contributed by atoms with E-state index in [-0.39, 0.29) is 17.5 Å². The van der Waals surface area contributed by atoms with Crippen molar-refractivity contribution in [3.63, 3.8) is 0 Å². The third-order valence-corrected chi connectivity index (χ3v) is 3.13. The topological polar surface area (TPSA) is 98.1 Å². The van der Waals surface area contributed by atoms with Crippen molar-refractivity contribution in [3.8, 4) is 0 Å². The van der Waals surface area contributed by atoms with Gasteiger partial charge in [0.1, 0.15) is 5.56 Å². The maximum Gasteiger partial charge on any atom is 0.325 e. The maximum absolute atomic E-state index is 12.2. The highest BCUT2D eigenvalue weighted by Crippen LogP contribution is 2.18. The van der Waals surface area contributed by atoms with E-state index in [1.807, 2.05) is 7.05 Å². The van der Waals surface area contributed by atoms with E-state index in [0.29, 0.717) is 13.1 Å². The first-order valence-electron chi connectivity index (χ1n) is 5.91. The van der Waals surface area contributed by atoms with E-state index in [1.165, 1.54) is 6.20 Å². The number of aromatic nitrogens is 2. The summed E-state index contributed by atoms with van der Waals surface area (Å²) in [6.07, 6.45) is 3.03. The molecule has 1 aromatic rings. The Morgan fingerprint density at radius 1 is 1.56 bits per heavy atom. The van der Waals surface area contributed by atoms with Crippen LogP contribution in [0.5, 0.6) is 0 Å². The number of hydrogen-bond donors (Lipinski definition) is 3. The fourth-order valence-electron chi connectivity index (χ4n) is 2.27. The highest BCUT2D eigenvalue weighted by Gasteiger charge is 2.30. The van der Waals surface area contributed by atoms with Crippen molar-refractivity contribution in [2.24, 2.45) is 0 Å². The third-order valence-electron chi connectivity index (χ3n) is 3.13. The number of nitrogens with one attached hydrogen (secondary N) is 3. The quantitative estimate of drug-likeness (QED) is 0.635. The monoisotopic (exact) mass is 252 g/mol. The SMILES string of the molecule is CNCC1CCCN1C(=O)c1c[nH]c(=O)[nH]c1=O. The van der Waals surface area contributed by atoms with Crippen LogP contribution in [0.15, 0.2) is 15.8 Å². The van der Waals surface area contributed by atoms with Crippen molar-refractivity contribution < 1.29 is 4.79 Å². The Labute approximate surface area is 103 Å². The molecule has 0 radical (unpaired) electrons. The van der Waals surface area contributed by atoms with Crippen LogP contribution in [-0.2, 0) is 0 Å². The van der Waals surface area contributed by atoms with Gasteiger partial charge in [-0.25, -0.2) is 4.79 Å². The number of hydrogen-bond acceptors (Lipinski definition) is 4. The summed E-state index contributed by atoms with van der Waals surface area (Å²) in [5.41, 5.74) is -1.26. The van der Waals surface area contributed by atoms with Gasteiger partial charge in [-0.15, -0.1) is 0 Å². The first kappa shape index (κ1) is 12.6. The molecule has 2 rings (SSSR count). The Bertz CT molecular complexity index is 548. The summed E-state index contributed by atoms with van der Waals surface area (Å²) in [7, 11) is 1.83. The van der Waals surface area contributed by atoms with Crippen molar-refractivity contribution >= 4 is 5.91 Å². The number of nitrogens with zero attached hydrogens (tertiary/aromatic N) is 1. The Morgan fingerprint density at radius 2 is 2.33 bits per heavy atom. The van der Waals surface area contributed by atoms with E-state index in [4.69, 9.17) is 0 Å². The van der Waals surface area contributed by atoms with Gasteiger partial charge in [-0.1, -0.05) is 0 Å². The Morgan fingerprint density at radius 3 is 3.00 bits per heavy atom. The Hall–Kier alpha value is -1.89. The summed E-state index contributed by atoms with van der Waals surface area (Å²) in [6, 6.07) is 0.105. The minimum atomic E-state index is -0.640. The van der Waals surface area contributed by atoms with Gasteiger partial charge >= 0.3 is 5.69 Å². The zero-order valence-electron chi connectivity index (χ0n) is 10.2. The van der Waals surface area contributed by atoms with Gasteiger partial charge in [-0.3, -0.25) is 14.6 Å². The van der Waals surface area contributed by atoms with E-state index < -0.39 is 11.2 Å². The molecule has 1 saturated heterocycles. The highest BCUT2D eigenvalue weighted by molar-refractivity contribution is 5.93. The van der Waals surface area contributed by atoms with Crippen LogP contribution in [0.25, 0.3) is 0 Å². The molecule has 7 nitrogen and oxygen atoms in total. The molecular weight excluding hydrogens is 236 g/mol. The zero-order chi connectivity index (χ0) is 13.1. The Kier molecular flexibility index (Phi) is 3.61. The predicted octanol–water partition coefficient (Wildman–Crippen LogP) is -1.11. The predicted molar refractivity (Wildman–Crippen MR) is 65.7 cm³/mol. The molecule has 0 bridgehead atoms. The number of likely N-dealkylation sites (tertiary alicyclic amines) is 1. The first-order chi connectivity index (χ1) is 8.63. The molecule has 1 amide bonds. The zero-order valence-corrected chi connectivity index (χ0v) is 10.2. The minimum Gasteiger partial charge on any atom is -0.334 e. The molecule has 0 aromatic carbocycles. The lowest BCUT2D eigenvalue weighted by molar-refractivity contribution is 0.0734. The molecule has 3 N–H and O–H groups in total. The fraction of sp³-hybridized carbons (Fsp3) is 0.545. The second kappa shape index (κ2) is 5.18. The number of amides is 1. The van der Waals surface area contributed by atoms with Gasteiger partial charge in [0.05, 0.1) is 0 Å². The van der Waals surface area contributed by atoms with Gasteiger partial charge in [0.25, 0.3) is 11.5 Å². The minimum absolute atomic E-state index is 0.0161. The van der Waals surface area contributed by atoms with Gasteiger partial charge in [0.15, 0.2) is 0 Å². The lowest BCUT2D eigenvalue weighted by Gasteiger charge is -2.24. The van der Waals surface area contributed by atoms with Gasteiger partial charge in [-0.2, -0.15) is 0 Å². The Balaban J connectivity index is 2.25. The molecule has 18 heavy (non-hydrogen) atoms. The summed E-state index contributed by atoms with van der Waals surface area (Å²) < 4.78 is 0. The smallest absolute Gasteiger partial charge is 0.325 e. The molecule has 7 heteroatoms. The molecule has 1 aliphatic heterocycles. The largest absolute Gasteiger partial charge is 0.334 e. The van der Waals surface area contributed by atoms with Crippen molar-refractivity contribution in [1.82, 2.24) is 20.2 Å². The summed E-state index contributed by atoms with van der Waals surface area (Å²) in [5.74, 6) is -0.328. The third kappa shape index (κ3) is 2.35. The average molecular weight is 252 g/mol. The second-order valence-electron chi connectivity index (χ2n) is 4.34. The van der Waals surface area contributed by atoms with Crippen LogP contribution in [0.1, 0.15) is 23.2 Å². The number of carbonyl (C=O) groups is 1. The molecule has 2 heterocycles. The van der Waals surface area contributed by atoms with Crippen LogP contribution in [0, 0.1) is 0 Å². The van der Waals surface area contributed by atoms with Gasteiger partial charge in [0.2, 0.25) is 0 Å². The lowest BCUT2D eigenvalue weighted by Crippen LogP contribution is -2.43. The van der Waals surface area contributed by atoms with Gasteiger partial charge in [0, 0.05) is 25.3 Å². The van der Waals surface area contributed by atoms with Crippen LogP contribution in [0.3, 0.4) is 0 Å². The van der Waals surface area contributed by atoms with Crippen LogP contribution in [0.2, 0.25) is 0 Å². The molecule has 0 spiro atoms. The normalized spacial score (nSPS) is 19.2. The molecule has 1 atom stereocenters. The molecule has 1 aromatic heterocycles. The van der Waals surface area contributed by atoms with E-state index in [9.17, 15) is 14.4 Å². The van der Waals surface area contributed by atoms with E-state index in [0.717, 1.165) is 12.8 Å². The summed E-state index contributed by atoms with van der Waals surface area (Å²) in [6.45, 7) is 1.34. The molecule has 1 fully saturated rings. The number of likely N-dealkylation sites (N-methyl/N-ethyl adjacent to an activating group) is 1. The van der Waals surface area contributed by atoms with Crippen molar-refractivity contribution in [1.29, 1.82) is 0 Å². The molecule has 0 aliphatic carbocycles. The van der Waals surface area contributed by atoms with Gasteiger partial charge in [-0.05, 0) is 19.9 Å². The molecule has 1 aliphatic rings. The van der Waals surface area contributed by atoms with E-state index in [1.54, 1.807) is 4.90 Å². The maximum atomic E-state index is 12.2. The molecule has 0 saturated carbocycles. The van der Waals surface area contributed by atoms with Crippen LogP contribution in [0.4, 0.5) is 0 Å². The number of rotatable bonds is 3. The second-order valence-corrected chi connectivity index (χ2v) is 4.34. The molecule has 1 unspecified atom stereocenters. The lowest BCUT2D eigenvalue weighted by atomic mass is 10.2. The number of aromatic amines is 2. The van der Waals surface area contributed by atoms with E-state index in [2.05, 4.69) is 15.3 Å². The van der Waals surface area contributed by atoms with E-state index >= 15 is 0 Å². The highest BCUT2D eigenvalue weighted by atomic mass is 16.2. The average Bonchev–Trinajstić information content (AvgIpc) is 2.77. The fourth-order valence-corrected chi connectivity index (χ4v) is 2.27. The van der Waals surface area contributed by atoms with Gasteiger partial charge < -0.3 is 15.2 Å². The van der Waals surface area contributed by atoms with Crippen molar-refractivity contribution in [2.75, 3.05) is 20.1 Å². The number of H-pyrrole nitrogens is 2. The summed E-state index contributed by atoms with van der Waals surface area (Å²) in [4.78, 5) is 40.7. The van der Waals surface area contributed by atoms with Crippen molar-refractivity contribution in [2.45, 2.75) is 18.9 Å². The standard InChI is InChI=1S/C11H16N4O3/c1-12-5-7-3-2-4-15(7)10(17)8-6-13-11(18)14-9(8)16/h6-7,12H,2-5H2,1H3,(H2,13,14,16,18). The number of carbonyl (C=O) groups excluding carboxylic acids is 1. The first-order valence-corrected chi connectivity index (χ1v) is 5.91. The summed E-state index contributed by atoms with van der Waals surface area (Å²) >= 11 is 0. The van der Waals surface area contributed by atoms with Crippen molar-refractivity contribution in [3.05, 3.63) is 32.6 Å². The van der Waals surface area contributed by atoms with Crippen LogP contribution in [-0.4, -0.2) is 47.0 Å². The van der Waals surface area contributed by atoms with Crippen LogP contribution >= 0.6 is 0 Å². The molecule has 98 valence electrons. The van der Waals surface area contributed by atoms with Crippen LogP contribution < -0.4 is 16.6 Å². The summed E-state index contributed by atoms with van der Waals surface area (Å²) in [5, 5.41) is 3.03. The molecular formula is C11H16N4O3.